The van der Waals surface area contributed by atoms with Gasteiger partial charge >= 0.3 is 5.97 Å². The zero-order valence-electron chi connectivity index (χ0n) is 15.5. The van der Waals surface area contributed by atoms with Crippen molar-refractivity contribution in [3.05, 3.63) is 11.6 Å². The normalized spacial score (nSPS) is 46.0. The standard InChI is InChI=1S/C21H28O4/c1-12(22)25-17-11-18(24)21(3)9-7-16-15(19(17)21)5-4-13-10-14(23)6-8-20(13,16)2/h10,15-17,19H,4-9,11H2,1-3H3/t15-,16-,17?,19-,20+,21-/m1/s1. The average molecular weight is 344 g/mol. The Kier molecular flexibility index (Phi) is 3.75. The molecule has 0 aromatic heterocycles. The van der Waals surface area contributed by atoms with Gasteiger partial charge in [0.05, 0.1) is 0 Å². The molecular weight excluding hydrogens is 316 g/mol. The summed E-state index contributed by atoms with van der Waals surface area (Å²) in [5, 5.41) is 0. The van der Waals surface area contributed by atoms with Crippen LogP contribution in [0.2, 0.25) is 0 Å². The summed E-state index contributed by atoms with van der Waals surface area (Å²) in [6, 6.07) is 0. The minimum absolute atomic E-state index is 0.0740. The number of hydrogen-bond acceptors (Lipinski definition) is 4. The van der Waals surface area contributed by atoms with Gasteiger partial charge in [0, 0.05) is 31.1 Å². The van der Waals surface area contributed by atoms with Crippen LogP contribution in [0.4, 0.5) is 0 Å². The first-order valence-corrected chi connectivity index (χ1v) is 9.70. The van der Waals surface area contributed by atoms with Gasteiger partial charge in [0.2, 0.25) is 0 Å². The highest BCUT2D eigenvalue weighted by molar-refractivity contribution is 5.92. The van der Waals surface area contributed by atoms with Gasteiger partial charge in [-0.25, -0.2) is 0 Å². The molecule has 0 bridgehead atoms. The first-order valence-electron chi connectivity index (χ1n) is 9.70. The molecule has 0 aromatic rings. The zero-order chi connectivity index (χ0) is 18.0. The van der Waals surface area contributed by atoms with E-state index in [1.165, 1.54) is 12.5 Å². The molecule has 0 heterocycles. The average Bonchev–Trinajstić information content (AvgIpc) is 2.78. The molecular formula is C21H28O4. The SMILES string of the molecule is CC(=O)OC1CC(=O)[C@@]2(C)CC[C@@H]3[C@@H](CCC4=CC(=O)CC[C@@]43C)[C@H]12. The van der Waals surface area contributed by atoms with E-state index in [1.54, 1.807) is 0 Å². The van der Waals surface area contributed by atoms with Gasteiger partial charge in [-0.2, -0.15) is 0 Å². The Hall–Kier alpha value is -1.45. The van der Waals surface area contributed by atoms with Crippen LogP contribution in [0.25, 0.3) is 0 Å². The first-order chi connectivity index (χ1) is 11.8. The number of ether oxygens (including phenoxy) is 1. The maximum absolute atomic E-state index is 12.8. The van der Waals surface area contributed by atoms with Gasteiger partial charge in [-0.3, -0.25) is 14.4 Å². The molecule has 3 fully saturated rings. The van der Waals surface area contributed by atoms with Gasteiger partial charge in [0.25, 0.3) is 0 Å². The topological polar surface area (TPSA) is 60.4 Å². The predicted octanol–water partition coefficient (Wildman–Crippen LogP) is 3.63. The van der Waals surface area contributed by atoms with E-state index < -0.39 is 0 Å². The van der Waals surface area contributed by atoms with E-state index in [9.17, 15) is 14.4 Å². The summed E-state index contributed by atoms with van der Waals surface area (Å²) < 4.78 is 5.62. The Balaban J connectivity index is 1.71. The summed E-state index contributed by atoms with van der Waals surface area (Å²) in [5.41, 5.74) is 1.05. The van der Waals surface area contributed by atoms with Crippen molar-refractivity contribution in [2.75, 3.05) is 0 Å². The fourth-order valence-corrected chi connectivity index (χ4v) is 6.69. The second-order valence-corrected chi connectivity index (χ2v) is 9.12. The van der Waals surface area contributed by atoms with Crippen LogP contribution in [0.15, 0.2) is 11.6 Å². The molecule has 6 atom stereocenters. The summed E-state index contributed by atoms with van der Waals surface area (Å²) in [6.07, 6.45) is 7.44. The number of hydrogen-bond donors (Lipinski definition) is 0. The molecule has 1 unspecified atom stereocenters. The molecule has 4 nitrogen and oxygen atoms in total. The highest BCUT2D eigenvalue weighted by Crippen LogP contribution is 2.64. The van der Waals surface area contributed by atoms with Crippen LogP contribution >= 0.6 is 0 Å². The van der Waals surface area contributed by atoms with Gasteiger partial charge in [0.1, 0.15) is 11.9 Å². The molecule has 136 valence electrons. The van der Waals surface area contributed by atoms with Crippen LogP contribution in [0.3, 0.4) is 0 Å². The number of allylic oxidation sites excluding steroid dienone is 1. The summed E-state index contributed by atoms with van der Waals surface area (Å²) >= 11 is 0. The van der Waals surface area contributed by atoms with Gasteiger partial charge in [0.15, 0.2) is 5.78 Å². The lowest BCUT2D eigenvalue weighted by atomic mass is 9.47. The Bertz CT molecular complexity index is 677. The van der Waals surface area contributed by atoms with Crippen molar-refractivity contribution in [2.24, 2.45) is 28.6 Å². The smallest absolute Gasteiger partial charge is 0.302 e. The number of carbonyl (C=O) groups is 3. The zero-order valence-corrected chi connectivity index (χ0v) is 15.5. The number of carbonyl (C=O) groups excluding carboxylic acids is 3. The van der Waals surface area contributed by atoms with E-state index >= 15 is 0 Å². The lowest BCUT2D eigenvalue weighted by Gasteiger charge is -2.57. The van der Waals surface area contributed by atoms with Crippen molar-refractivity contribution < 1.29 is 19.1 Å². The maximum atomic E-state index is 12.8. The number of fused-ring (bicyclic) bond motifs is 5. The molecule has 4 aliphatic carbocycles. The van der Waals surface area contributed by atoms with E-state index in [4.69, 9.17) is 4.74 Å². The van der Waals surface area contributed by atoms with Gasteiger partial charge < -0.3 is 4.74 Å². The minimum atomic E-state index is -0.344. The number of ketones is 2. The third kappa shape index (κ3) is 2.36. The monoisotopic (exact) mass is 344 g/mol. The van der Waals surface area contributed by atoms with E-state index in [1.807, 2.05) is 6.08 Å². The van der Waals surface area contributed by atoms with Crippen molar-refractivity contribution in [1.29, 1.82) is 0 Å². The molecule has 0 spiro atoms. The van der Waals surface area contributed by atoms with E-state index in [-0.39, 0.29) is 40.4 Å². The van der Waals surface area contributed by atoms with Gasteiger partial charge in [-0.15, -0.1) is 0 Å². The van der Waals surface area contributed by atoms with E-state index in [2.05, 4.69) is 13.8 Å². The van der Waals surface area contributed by atoms with Gasteiger partial charge in [-0.05, 0) is 55.4 Å². The van der Waals surface area contributed by atoms with Crippen molar-refractivity contribution >= 4 is 17.5 Å². The van der Waals surface area contributed by atoms with Crippen LogP contribution < -0.4 is 0 Å². The highest BCUT2D eigenvalue weighted by Gasteiger charge is 2.62. The minimum Gasteiger partial charge on any atom is -0.462 e. The fourth-order valence-electron chi connectivity index (χ4n) is 6.69. The summed E-state index contributed by atoms with van der Waals surface area (Å²) in [7, 11) is 0. The maximum Gasteiger partial charge on any atom is 0.302 e. The van der Waals surface area contributed by atoms with Gasteiger partial charge in [-0.1, -0.05) is 19.4 Å². The van der Waals surface area contributed by atoms with Crippen molar-refractivity contribution in [2.45, 2.75) is 71.8 Å². The molecule has 0 radical (unpaired) electrons. The Morgan fingerprint density at radius 1 is 1.12 bits per heavy atom. The lowest BCUT2D eigenvalue weighted by molar-refractivity contribution is -0.155. The third-order valence-electron chi connectivity index (χ3n) is 7.95. The second-order valence-electron chi connectivity index (χ2n) is 9.12. The molecule has 0 amide bonds. The Labute approximate surface area is 149 Å². The molecule has 0 aromatic carbocycles. The molecule has 0 N–H and O–H groups in total. The molecule has 4 aliphatic rings. The van der Waals surface area contributed by atoms with Crippen LogP contribution in [-0.4, -0.2) is 23.6 Å². The fraction of sp³-hybridized carbons (Fsp3) is 0.762. The van der Waals surface area contributed by atoms with Crippen LogP contribution in [0.5, 0.6) is 0 Å². The van der Waals surface area contributed by atoms with Crippen LogP contribution in [0, 0.1) is 28.6 Å². The highest BCUT2D eigenvalue weighted by atomic mass is 16.5. The Morgan fingerprint density at radius 3 is 2.60 bits per heavy atom. The molecule has 0 saturated heterocycles. The second kappa shape index (κ2) is 5.52. The quantitative estimate of drug-likeness (QED) is 0.682. The summed E-state index contributed by atoms with van der Waals surface area (Å²) in [5.74, 6) is 1.29. The summed E-state index contributed by atoms with van der Waals surface area (Å²) in [4.78, 5) is 36.2. The molecule has 0 aliphatic heterocycles. The first kappa shape index (κ1) is 17.0. The molecule has 4 heteroatoms. The summed E-state index contributed by atoms with van der Waals surface area (Å²) in [6.45, 7) is 5.86. The van der Waals surface area contributed by atoms with Crippen molar-refractivity contribution in [3.63, 3.8) is 0 Å². The number of Topliss-reactive ketones (excluding diaryl/α,β-unsaturated/α-hetero) is 1. The largest absolute Gasteiger partial charge is 0.462 e. The molecule has 25 heavy (non-hydrogen) atoms. The third-order valence-corrected chi connectivity index (χ3v) is 7.95. The predicted molar refractivity (Wildman–Crippen MR) is 92.7 cm³/mol. The van der Waals surface area contributed by atoms with Crippen molar-refractivity contribution in [1.82, 2.24) is 0 Å². The van der Waals surface area contributed by atoms with Crippen LogP contribution in [-0.2, 0) is 19.1 Å². The number of rotatable bonds is 1. The molecule has 4 rings (SSSR count). The molecule has 3 saturated carbocycles. The van der Waals surface area contributed by atoms with Crippen molar-refractivity contribution in [3.8, 4) is 0 Å². The van der Waals surface area contributed by atoms with E-state index in [0.717, 1.165) is 32.1 Å². The number of esters is 1. The van der Waals surface area contributed by atoms with Crippen LogP contribution in [0.1, 0.15) is 65.7 Å². The lowest BCUT2D eigenvalue weighted by Crippen LogP contribution is -2.52. The van der Waals surface area contributed by atoms with E-state index in [0.29, 0.717) is 24.7 Å². The Morgan fingerprint density at radius 2 is 1.88 bits per heavy atom.